The fourth-order valence-electron chi connectivity index (χ4n) is 3.28. The third-order valence-corrected chi connectivity index (χ3v) is 4.97. The number of H-pyrrole nitrogens is 1. The quantitative estimate of drug-likeness (QED) is 0.353. The molecule has 158 valence electrons. The maximum atomic E-state index is 12.5. The monoisotopic (exact) mass is 418 g/mol. The van der Waals surface area contributed by atoms with Gasteiger partial charge < -0.3 is 9.30 Å². The summed E-state index contributed by atoms with van der Waals surface area (Å²) >= 11 is 0. The molecular weight excluding hydrogens is 396 g/mol. The number of nitrogens with one attached hydrogen (secondary N) is 2. The lowest BCUT2D eigenvalue weighted by Gasteiger charge is -2.08. The van der Waals surface area contributed by atoms with Crippen LogP contribution in [0.25, 0.3) is 11.2 Å². The number of anilines is 1. The van der Waals surface area contributed by atoms with Crippen molar-refractivity contribution in [3.8, 4) is 5.75 Å². The zero-order valence-electron chi connectivity index (χ0n) is 17.2. The summed E-state index contributed by atoms with van der Waals surface area (Å²) in [7, 11) is 3.18. The molecule has 2 N–H and O–H groups in total. The van der Waals surface area contributed by atoms with Gasteiger partial charge in [-0.1, -0.05) is 30.3 Å². The second kappa shape index (κ2) is 8.70. The third kappa shape index (κ3) is 4.25. The molecule has 4 rings (SSSR count). The molecule has 0 saturated heterocycles. The number of hydrogen-bond donors (Lipinski definition) is 2. The zero-order valence-corrected chi connectivity index (χ0v) is 17.2. The smallest absolute Gasteiger partial charge is 0.329 e. The molecule has 0 aliphatic rings. The van der Waals surface area contributed by atoms with Gasteiger partial charge in [-0.25, -0.2) is 10.2 Å². The molecule has 0 aliphatic carbocycles. The fraction of sp³-hybridized carbons (Fsp3) is 0.182. The normalized spacial score (nSPS) is 11.3. The highest BCUT2D eigenvalue weighted by molar-refractivity contribution is 5.80. The maximum Gasteiger partial charge on any atom is 0.329 e. The van der Waals surface area contributed by atoms with E-state index in [1.807, 2.05) is 54.6 Å². The Kier molecular flexibility index (Phi) is 5.65. The first-order chi connectivity index (χ1) is 15.1. The van der Waals surface area contributed by atoms with Crippen molar-refractivity contribution in [2.24, 2.45) is 12.1 Å². The molecule has 9 heteroatoms. The van der Waals surface area contributed by atoms with Crippen molar-refractivity contribution in [2.45, 2.75) is 13.0 Å². The van der Waals surface area contributed by atoms with Crippen molar-refractivity contribution < 1.29 is 4.74 Å². The molecule has 0 aliphatic heterocycles. The van der Waals surface area contributed by atoms with Gasteiger partial charge in [-0.2, -0.15) is 10.1 Å². The number of ether oxygens (including phenoxy) is 1. The molecule has 0 unspecified atom stereocenters. The van der Waals surface area contributed by atoms with E-state index in [4.69, 9.17) is 4.74 Å². The summed E-state index contributed by atoms with van der Waals surface area (Å²) in [6.07, 6.45) is 2.33. The number of hydrazone groups is 1. The van der Waals surface area contributed by atoms with Gasteiger partial charge in [-0.3, -0.25) is 14.3 Å². The molecule has 0 atom stereocenters. The van der Waals surface area contributed by atoms with Crippen molar-refractivity contribution in [3.63, 3.8) is 0 Å². The van der Waals surface area contributed by atoms with Gasteiger partial charge in [0.15, 0.2) is 11.2 Å². The molecule has 0 radical (unpaired) electrons. The van der Waals surface area contributed by atoms with Gasteiger partial charge in [0.2, 0.25) is 5.95 Å². The van der Waals surface area contributed by atoms with Crippen LogP contribution in [0.4, 0.5) is 5.95 Å². The van der Waals surface area contributed by atoms with Crippen LogP contribution < -0.4 is 21.4 Å². The Morgan fingerprint density at radius 2 is 1.87 bits per heavy atom. The van der Waals surface area contributed by atoms with E-state index in [1.165, 1.54) is 4.57 Å². The van der Waals surface area contributed by atoms with Crippen molar-refractivity contribution >= 4 is 23.3 Å². The van der Waals surface area contributed by atoms with E-state index >= 15 is 0 Å². The number of benzene rings is 2. The predicted molar refractivity (Wildman–Crippen MR) is 120 cm³/mol. The van der Waals surface area contributed by atoms with Crippen LogP contribution in [0.2, 0.25) is 0 Å². The van der Waals surface area contributed by atoms with E-state index < -0.39 is 11.2 Å². The number of imidazole rings is 1. The first kappa shape index (κ1) is 20.1. The molecule has 2 aromatic heterocycles. The van der Waals surface area contributed by atoms with Crippen molar-refractivity contribution in [1.29, 1.82) is 0 Å². The average molecular weight is 418 g/mol. The van der Waals surface area contributed by atoms with Gasteiger partial charge in [0.25, 0.3) is 5.56 Å². The zero-order chi connectivity index (χ0) is 21.8. The van der Waals surface area contributed by atoms with E-state index in [1.54, 1.807) is 24.9 Å². The molecule has 0 spiro atoms. The van der Waals surface area contributed by atoms with Crippen LogP contribution in [0.3, 0.4) is 0 Å². The minimum atomic E-state index is -0.515. The lowest BCUT2D eigenvalue weighted by Crippen LogP contribution is -2.29. The largest absolute Gasteiger partial charge is 0.497 e. The SMILES string of the molecule is COc1ccc(/C=N\Nc2nc3c(c(=O)[nH]c(=O)n3C)n2CCc2ccccc2)cc1. The Morgan fingerprint density at radius 3 is 2.58 bits per heavy atom. The lowest BCUT2D eigenvalue weighted by molar-refractivity contribution is 0.415. The number of nitrogens with zero attached hydrogens (tertiary/aromatic N) is 4. The fourth-order valence-corrected chi connectivity index (χ4v) is 3.28. The van der Waals surface area contributed by atoms with E-state index in [-0.39, 0.29) is 0 Å². The molecule has 4 aromatic rings. The highest BCUT2D eigenvalue weighted by Gasteiger charge is 2.17. The van der Waals surface area contributed by atoms with Crippen LogP contribution in [0.5, 0.6) is 5.75 Å². The summed E-state index contributed by atoms with van der Waals surface area (Å²) in [4.78, 5) is 31.4. The van der Waals surface area contributed by atoms with Crippen LogP contribution in [-0.4, -0.2) is 32.4 Å². The summed E-state index contributed by atoms with van der Waals surface area (Å²) in [5, 5.41) is 4.26. The molecular formula is C22H22N6O3. The molecule has 2 heterocycles. The highest BCUT2D eigenvalue weighted by Crippen LogP contribution is 2.17. The Balaban J connectivity index is 1.67. The number of aryl methyl sites for hydroxylation is 3. The molecule has 0 saturated carbocycles. The van der Waals surface area contributed by atoms with Gasteiger partial charge in [-0.15, -0.1) is 0 Å². The second-order valence-electron chi connectivity index (χ2n) is 6.96. The van der Waals surface area contributed by atoms with E-state index in [0.717, 1.165) is 16.9 Å². The predicted octanol–water partition coefficient (Wildman–Crippen LogP) is 2.12. The van der Waals surface area contributed by atoms with Gasteiger partial charge in [0, 0.05) is 13.6 Å². The Labute approximate surface area is 177 Å². The van der Waals surface area contributed by atoms with E-state index in [9.17, 15) is 9.59 Å². The number of aromatic amines is 1. The first-order valence-corrected chi connectivity index (χ1v) is 9.73. The highest BCUT2D eigenvalue weighted by atomic mass is 16.5. The number of hydrogen-bond acceptors (Lipinski definition) is 6. The molecule has 31 heavy (non-hydrogen) atoms. The topological polar surface area (TPSA) is 106 Å². The number of methoxy groups -OCH3 is 1. The van der Waals surface area contributed by atoms with E-state index in [2.05, 4.69) is 20.5 Å². The molecule has 0 amide bonds. The minimum Gasteiger partial charge on any atom is -0.497 e. The number of aromatic nitrogens is 4. The summed E-state index contributed by atoms with van der Waals surface area (Å²) in [5.74, 6) is 1.13. The second-order valence-corrected chi connectivity index (χ2v) is 6.96. The van der Waals surface area contributed by atoms with Crippen molar-refractivity contribution in [3.05, 3.63) is 86.6 Å². The van der Waals surface area contributed by atoms with Gasteiger partial charge >= 0.3 is 5.69 Å². The molecule has 0 fully saturated rings. The molecule has 2 aromatic carbocycles. The summed E-state index contributed by atoms with van der Waals surface area (Å²) in [6.45, 7) is 0.488. The van der Waals surface area contributed by atoms with Crippen LogP contribution >= 0.6 is 0 Å². The van der Waals surface area contributed by atoms with Gasteiger partial charge in [0.1, 0.15) is 5.75 Å². The number of rotatable bonds is 7. The number of fused-ring (bicyclic) bond motifs is 1. The van der Waals surface area contributed by atoms with Crippen molar-refractivity contribution in [2.75, 3.05) is 12.5 Å². The standard InChI is InChI=1S/C22H22N6O3/c1-27-19-18(20(29)25-22(27)30)28(13-12-15-6-4-3-5-7-15)21(24-19)26-23-14-16-8-10-17(31-2)11-9-16/h3-11,14H,12-13H2,1-2H3,(H,24,26)(H,25,29,30)/b23-14-. The Hall–Kier alpha value is -4.14. The third-order valence-electron chi connectivity index (χ3n) is 4.97. The lowest BCUT2D eigenvalue weighted by atomic mass is 10.1. The molecule has 0 bridgehead atoms. The Bertz CT molecular complexity index is 1330. The van der Waals surface area contributed by atoms with Crippen LogP contribution in [0, 0.1) is 0 Å². The summed E-state index contributed by atoms with van der Waals surface area (Å²) < 4.78 is 8.21. The van der Waals surface area contributed by atoms with Crippen LogP contribution in [-0.2, 0) is 20.0 Å². The first-order valence-electron chi connectivity index (χ1n) is 9.73. The van der Waals surface area contributed by atoms with Crippen LogP contribution in [0.15, 0.2) is 69.3 Å². The van der Waals surface area contributed by atoms with Gasteiger partial charge in [0.05, 0.1) is 13.3 Å². The minimum absolute atomic E-state index is 0.295. The summed E-state index contributed by atoms with van der Waals surface area (Å²) in [6, 6.07) is 17.4. The van der Waals surface area contributed by atoms with E-state index in [0.29, 0.717) is 30.1 Å². The van der Waals surface area contributed by atoms with Gasteiger partial charge in [-0.05, 0) is 41.8 Å². The average Bonchev–Trinajstić information content (AvgIpc) is 3.16. The Morgan fingerprint density at radius 1 is 1.13 bits per heavy atom. The van der Waals surface area contributed by atoms with Crippen LogP contribution in [0.1, 0.15) is 11.1 Å². The van der Waals surface area contributed by atoms with Crippen molar-refractivity contribution in [1.82, 2.24) is 19.1 Å². The molecule has 9 nitrogen and oxygen atoms in total. The summed E-state index contributed by atoms with van der Waals surface area (Å²) in [5.41, 5.74) is 4.52. The maximum absolute atomic E-state index is 12.5.